The van der Waals surface area contributed by atoms with E-state index in [-0.39, 0.29) is 38.6 Å². The van der Waals surface area contributed by atoms with Crippen molar-refractivity contribution in [2.75, 3.05) is 0 Å². The normalized spacial score (nSPS) is 10.7. The van der Waals surface area contributed by atoms with Crippen LogP contribution in [0, 0.1) is 18.4 Å². The van der Waals surface area contributed by atoms with E-state index in [4.69, 9.17) is 10.1 Å². The van der Waals surface area contributed by atoms with Crippen LogP contribution < -0.4 is 0 Å². The predicted molar refractivity (Wildman–Crippen MR) is 71.2 cm³/mol. The van der Waals surface area contributed by atoms with Crippen molar-refractivity contribution in [3.63, 3.8) is 0 Å². The zero-order valence-corrected chi connectivity index (χ0v) is 14.3. The summed E-state index contributed by atoms with van der Waals surface area (Å²) in [7, 11) is 0. The first kappa shape index (κ1) is 17.5. The van der Waals surface area contributed by atoms with Crippen LogP contribution in [0.4, 0.5) is 0 Å². The molecule has 0 amide bonds. The quantitative estimate of drug-likeness (QED) is 0.378. The second kappa shape index (κ2) is 9.46. The number of ether oxygens (including phenoxy) is 1. The van der Waals surface area contributed by atoms with Crippen molar-refractivity contribution in [2.24, 2.45) is 0 Å². The summed E-state index contributed by atoms with van der Waals surface area (Å²) < 4.78 is 5.42. The molecule has 0 aliphatic carbocycles. The minimum atomic E-state index is 0. The summed E-state index contributed by atoms with van der Waals surface area (Å²) in [6, 6.07) is 9.05. The molecule has 1 radical (unpaired) electrons. The summed E-state index contributed by atoms with van der Waals surface area (Å²) in [6.45, 7) is 6.02. The average molecular weight is 319 g/mol. The Morgan fingerprint density at radius 2 is 2.17 bits per heavy atom. The molecule has 0 spiro atoms. The molecular weight excluding hydrogens is 299 g/mol. The number of hydrogen-bond donors (Lipinski definition) is 1. The zero-order valence-electron chi connectivity index (χ0n) is 11.4. The molecule has 1 aromatic carbocycles. The van der Waals surface area contributed by atoms with Gasteiger partial charge in [0.15, 0.2) is 5.90 Å². The van der Waals surface area contributed by atoms with Crippen molar-refractivity contribution < 1.29 is 37.4 Å². The molecular formula is C15H20NOY-. The van der Waals surface area contributed by atoms with Crippen molar-refractivity contribution in [2.45, 2.75) is 40.0 Å². The molecule has 1 rings (SSSR count). The largest absolute Gasteiger partial charge is 0.449 e. The van der Waals surface area contributed by atoms with E-state index in [1.807, 2.05) is 38.1 Å². The van der Waals surface area contributed by atoms with Gasteiger partial charge < -0.3 is 4.74 Å². The molecule has 0 fully saturated rings. The molecule has 18 heavy (non-hydrogen) atoms. The number of aryl methyl sites for hydroxylation is 1. The molecule has 0 aliphatic heterocycles. The van der Waals surface area contributed by atoms with E-state index in [9.17, 15) is 0 Å². The van der Waals surface area contributed by atoms with Crippen LogP contribution in [0.1, 0.15) is 37.8 Å². The van der Waals surface area contributed by atoms with Gasteiger partial charge in [-0.2, -0.15) is 29.8 Å². The third-order valence-corrected chi connectivity index (χ3v) is 2.40. The number of rotatable bonds is 5. The van der Waals surface area contributed by atoms with Gasteiger partial charge in [-0.05, 0) is 19.4 Å². The minimum Gasteiger partial charge on any atom is -0.449 e. The fourth-order valence-corrected chi connectivity index (χ4v) is 1.45. The van der Waals surface area contributed by atoms with E-state index in [1.54, 1.807) is 0 Å². The van der Waals surface area contributed by atoms with Crippen LogP contribution in [-0.2, 0) is 43.9 Å². The van der Waals surface area contributed by atoms with Gasteiger partial charge in [0, 0.05) is 39.1 Å². The van der Waals surface area contributed by atoms with E-state index < -0.39 is 0 Å². The van der Waals surface area contributed by atoms with Gasteiger partial charge >= 0.3 is 0 Å². The van der Waals surface area contributed by atoms with Crippen LogP contribution in [0.3, 0.4) is 0 Å². The number of nitrogens with one attached hydrogen (secondary N) is 1. The molecule has 95 valence electrons. The molecule has 0 saturated heterocycles. The third kappa shape index (κ3) is 7.08. The molecule has 0 atom stereocenters. The molecule has 0 bridgehead atoms. The molecule has 2 nitrogen and oxygen atoms in total. The van der Waals surface area contributed by atoms with Crippen molar-refractivity contribution in [3.8, 4) is 0 Å². The van der Waals surface area contributed by atoms with E-state index in [2.05, 4.69) is 13.0 Å². The molecule has 0 unspecified atom stereocenters. The van der Waals surface area contributed by atoms with E-state index in [0.717, 1.165) is 29.7 Å². The Kier molecular flexibility index (Phi) is 9.22. The Bertz CT molecular complexity index is 395. The third-order valence-electron chi connectivity index (χ3n) is 2.40. The molecule has 1 N–H and O–H groups in total. The topological polar surface area (TPSA) is 33.1 Å². The number of allylic oxidation sites excluding steroid dienone is 2. The fourth-order valence-electron chi connectivity index (χ4n) is 1.45. The summed E-state index contributed by atoms with van der Waals surface area (Å²) in [6.07, 6.45) is 4.64. The van der Waals surface area contributed by atoms with Crippen molar-refractivity contribution >= 4 is 5.90 Å². The van der Waals surface area contributed by atoms with Gasteiger partial charge in [-0.15, -0.1) is 5.56 Å². The monoisotopic (exact) mass is 319 g/mol. The molecule has 1 aromatic rings. The van der Waals surface area contributed by atoms with Crippen LogP contribution in [0.15, 0.2) is 30.0 Å². The van der Waals surface area contributed by atoms with E-state index >= 15 is 0 Å². The van der Waals surface area contributed by atoms with Crippen molar-refractivity contribution in [1.82, 2.24) is 0 Å². The first-order chi connectivity index (χ1) is 8.11. The first-order valence-electron chi connectivity index (χ1n) is 6.01. The molecule has 3 heteroatoms. The van der Waals surface area contributed by atoms with Gasteiger partial charge in [0.1, 0.15) is 0 Å². The second-order valence-electron chi connectivity index (χ2n) is 4.19. The summed E-state index contributed by atoms with van der Waals surface area (Å²) in [5, 5.41) is 7.77. The average Bonchev–Trinajstić information content (AvgIpc) is 2.29. The van der Waals surface area contributed by atoms with Crippen molar-refractivity contribution in [1.29, 1.82) is 5.41 Å². The maximum Gasteiger partial charge on any atom is 0.179 e. The predicted octanol–water partition coefficient (Wildman–Crippen LogP) is 4.03. The Balaban J connectivity index is 0.00000289. The van der Waals surface area contributed by atoms with Gasteiger partial charge in [-0.1, -0.05) is 20.3 Å². The van der Waals surface area contributed by atoms with Crippen molar-refractivity contribution in [3.05, 3.63) is 47.2 Å². The van der Waals surface area contributed by atoms with Crippen LogP contribution in [-0.4, -0.2) is 5.90 Å². The van der Waals surface area contributed by atoms with Crippen LogP contribution in [0.25, 0.3) is 0 Å². The summed E-state index contributed by atoms with van der Waals surface area (Å²) >= 11 is 0. The Morgan fingerprint density at radius 1 is 1.44 bits per heavy atom. The van der Waals surface area contributed by atoms with Crippen LogP contribution in [0.2, 0.25) is 0 Å². The standard InChI is InChI=1S/C15H20NO.Y/c1-4-5-6-13(3)17-15(16)11-14-9-7-12(2)8-10-14;/h6-7,9-10,16H,4-5,11H2,1-3H3;/q-1;/b13-6-,16-15?;. The number of benzene rings is 1. The molecule has 0 saturated carbocycles. The Morgan fingerprint density at radius 3 is 2.72 bits per heavy atom. The van der Waals surface area contributed by atoms with Gasteiger partial charge in [0.25, 0.3) is 0 Å². The SMILES string of the molecule is CCC/C=C(/C)OC(=N)Cc1c[c-]c(C)cc1.[Y]. The van der Waals surface area contributed by atoms with Gasteiger partial charge in [0.2, 0.25) is 0 Å². The summed E-state index contributed by atoms with van der Waals surface area (Å²) in [4.78, 5) is 0. The number of unbranched alkanes of at least 4 members (excludes halogenated alkanes) is 1. The van der Waals surface area contributed by atoms with Gasteiger partial charge in [0.05, 0.1) is 5.76 Å². The summed E-state index contributed by atoms with van der Waals surface area (Å²) in [5.41, 5.74) is 2.17. The van der Waals surface area contributed by atoms with E-state index in [0.29, 0.717) is 6.42 Å². The maximum absolute atomic E-state index is 7.77. The molecule has 0 aliphatic rings. The van der Waals surface area contributed by atoms with Crippen LogP contribution >= 0.6 is 0 Å². The fraction of sp³-hybridized carbons (Fsp3) is 0.400. The van der Waals surface area contributed by atoms with Gasteiger partial charge in [-0.25, -0.2) is 0 Å². The molecule has 0 aromatic heterocycles. The minimum absolute atomic E-state index is 0. The first-order valence-corrected chi connectivity index (χ1v) is 6.01. The number of hydrogen-bond acceptors (Lipinski definition) is 2. The maximum atomic E-state index is 7.77. The Labute approximate surface area is 135 Å². The zero-order chi connectivity index (χ0) is 12.7. The molecule has 0 heterocycles. The smallest absolute Gasteiger partial charge is 0.179 e. The van der Waals surface area contributed by atoms with Gasteiger partial charge in [-0.3, -0.25) is 5.41 Å². The second-order valence-corrected chi connectivity index (χ2v) is 4.19. The van der Waals surface area contributed by atoms with E-state index in [1.165, 1.54) is 0 Å². The Hall–Kier alpha value is -0.466. The summed E-state index contributed by atoms with van der Waals surface area (Å²) in [5.74, 6) is 1.10. The van der Waals surface area contributed by atoms with Crippen LogP contribution in [0.5, 0.6) is 0 Å².